The van der Waals surface area contributed by atoms with Crippen LogP contribution in [-0.2, 0) is 65.4 Å². The third-order valence-corrected chi connectivity index (χ3v) is 17.1. The molecule has 17 nitrogen and oxygen atoms in total. The number of carbonyl (C=O) groups is 4. The predicted molar refractivity (Wildman–Crippen MR) is 417 cm³/mol. The van der Waals surface area contributed by atoms with E-state index in [1.807, 2.05) is 30.4 Å². The summed E-state index contributed by atoms with van der Waals surface area (Å²) in [5.74, 6) is -2.43. The van der Waals surface area contributed by atoms with Crippen molar-refractivity contribution in [3.8, 4) is 0 Å². The lowest BCUT2D eigenvalue weighted by atomic mass is 10.1. The molecule has 0 amide bonds. The van der Waals surface area contributed by atoms with Crippen molar-refractivity contribution < 1.29 is 80.2 Å². The van der Waals surface area contributed by atoms with Crippen LogP contribution in [-0.4, -0.2) is 96.7 Å². The van der Waals surface area contributed by atoms with Crippen molar-refractivity contribution in [2.45, 2.75) is 290 Å². The number of unbranched alkanes of at least 4 members (excludes halogenated alkanes) is 17. The number of rotatable bonds is 70. The average Bonchev–Trinajstić information content (AvgIpc) is 0.959. The van der Waals surface area contributed by atoms with Gasteiger partial charge in [-0.25, -0.2) is 9.13 Å². The van der Waals surface area contributed by atoms with E-state index in [1.54, 1.807) is 6.08 Å². The van der Waals surface area contributed by atoms with Crippen molar-refractivity contribution in [1.29, 1.82) is 0 Å². The van der Waals surface area contributed by atoms with Crippen LogP contribution in [0.2, 0.25) is 0 Å². The summed E-state index contributed by atoms with van der Waals surface area (Å²) in [5.41, 5.74) is 0. The van der Waals surface area contributed by atoms with E-state index in [-0.39, 0.29) is 25.7 Å². The van der Waals surface area contributed by atoms with Gasteiger partial charge in [-0.05, 0) is 148 Å². The largest absolute Gasteiger partial charge is 0.472 e. The number of carbonyl (C=O) groups excluding carboxylic acids is 4. The Morgan fingerprint density at radius 1 is 0.294 bits per heavy atom. The van der Waals surface area contributed by atoms with E-state index in [2.05, 4.69) is 161 Å². The fourth-order valence-electron chi connectivity index (χ4n) is 9.45. The van der Waals surface area contributed by atoms with Gasteiger partial charge in [-0.15, -0.1) is 0 Å². The van der Waals surface area contributed by atoms with Gasteiger partial charge >= 0.3 is 39.5 Å². The number of esters is 4. The molecule has 0 aromatic heterocycles. The van der Waals surface area contributed by atoms with Crippen LogP contribution in [0.3, 0.4) is 0 Å². The molecule has 0 saturated heterocycles. The first-order valence-corrected chi connectivity index (χ1v) is 41.4. The number of ether oxygens (including phenoxy) is 4. The van der Waals surface area contributed by atoms with Gasteiger partial charge in [-0.1, -0.05) is 268 Å². The van der Waals surface area contributed by atoms with Gasteiger partial charge in [0, 0.05) is 19.3 Å². The lowest BCUT2D eigenvalue weighted by molar-refractivity contribution is -0.161. The minimum atomic E-state index is -5.01. The monoisotopic (exact) mass is 1460 g/mol. The molecule has 0 bridgehead atoms. The molecule has 0 aliphatic heterocycles. The van der Waals surface area contributed by atoms with Crippen molar-refractivity contribution in [3.63, 3.8) is 0 Å². The summed E-state index contributed by atoms with van der Waals surface area (Å²) >= 11 is 0. The summed E-state index contributed by atoms with van der Waals surface area (Å²) in [6, 6.07) is 0. The van der Waals surface area contributed by atoms with Crippen molar-refractivity contribution >= 4 is 39.5 Å². The van der Waals surface area contributed by atoms with Crippen LogP contribution in [0.1, 0.15) is 272 Å². The molecule has 0 aliphatic carbocycles. The lowest BCUT2D eigenvalue weighted by Crippen LogP contribution is -2.30. The summed E-state index contributed by atoms with van der Waals surface area (Å²) in [5, 5.41) is 10.6. The smallest absolute Gasteiger partial charge is 0.462 e. The van der Waals surface area contributed by atoms with Crippen LogP contribution in [0.15, 0.2) is 170 Å². The Balaban J connectivity index is 5.50. The SMILES string of the molecule is CC/C=C\C/C=C\C/C=C\C/C=C\C/C=C\CCCC(=O)OCC(COP(=O)(O)OCC(O)COP(=O)(O)OCC(COC(=O)C/C=C\C/C=C\C/C=C\C/C=C\C/C=C\CC)OC(=O)CCCCCCC/C=C\CCCCCC)OC(=O)CCCCCCCCC/C=C\C/C=C\C/C=C\CC. The number of allylic oxidation sites excluding steroid dienone is 27. The summed E-state index contributed by atoms with van der Waals surface area (Å²) in [4.78, 5) is 72.8. The van der Waals surface area contributed by atoms with Gasteiger partial charge < -0.3 is 33.8 Å². The molecule has 19 heteroatoms. The molecular formula is C83H134O17P2. The first-order chi connectivity index (χ1) is 49.7. The number of hydrogen-bond donors (Lipinski definition) is 3. The molecule has 0 radical (unpaired) electrons. The number of hydrogen-bond acceptors (Lipinski definition) is 15. The Morgan fingerprint density at radius 2 is 0.559 bits per heavy atom. The second kappa shape index (κ2) is 73.7. The van der Waals surface area contributed by atoms with E-state index in [1.165, 1.54) is 25.7 Å². The number of phosphoric acid groups is 2. The van der Waals surface area contributed by atoms with Crippen LogP contribution in [0.25, 0.3) is 0 Å². The molecule has 5 atom stereocenters. The second-order valence-electron chi connectivity index (χ2n) is 24.8. The zero-order valence-electron chi connectivity index (χ0n) is 63.0. The van der Waals surface area contributed by atoms with Gasteiger partial charge in [0.05, 0.1) is 32.8 Å². The Labute approximate surface area is 616 Å². The molecule has 3 N–H and O–H groups in total. The Kier molecular flexibility index (Phi) is 69.7. The van der Waals surface area contributed by atoms with Gasteiger partial charge in [-0.3, -0.25) is 37.3 Å². The van der Waals surface area contributed by atoms with Crippen molar-refractivity contribution in [3.05, 3.63) is 170 Å². The zero-order valence-corrected chi connectivity index (χ0v) is 64.8. The third kappa shape index (κ3) is 72.8. The molecule has 0 aliphatic rings. The van der Waals surface area contributed by atoms with Gasteiger partial charge in [0.2, 0.25) is 0 Å². The Morgan fingerprint density at radius 3 is 0.912 bits per heavy atom. The van der Waals surface area contributed by atoms with Crippen molar-refractivity contribution in [2.24, 2.45) is 0 Å². The van der Waals surface area contributed by atoms with E-state index in [4.69, 9.17) is 37.0 Å². The summed E-state index contributed by atoms with van der Waals surface area (Å²) < 4.78 is 68.3. The van der Waals surface area contributed by atoms with Gasteiger partial charge in [0.25, 0.3) is 0 Å². The van der Waals surface area contributed by atoms with E-state index in [9.17, 15) is 43.2 Å². The lowest BCUT2D eigenvalue weighted by Gasteiger charge is -2.21. The van der Waals surface area contributed by atoms with E-state index in [0.717, 1.165) is 161 Å². The summed E-state index contributed by atoms with van der Waals surface area (Å²) in [7, 11) is -10.0. The number of phosphoric ester groups is 2. The second-order valence-corrected chi connectivity index (χ2v) is 27.7. The minimum absolute atomic E-state index is 0.0588. The standard InChI is InChI=1S/C83H134O17P2/c1-5-9-13-17-21-25-29-33-36-38-41-45-48-52-56-60-64-68-81(86)94-74-79(100-83(88)70-66-62-58-54-50-46-42-39-37-34-30-26-22-18-14-10-6-2)76-98-102(91,92)96-72-77(84)71-95-101(89,90)97-75-78(99-82(87)69-65-61-57-53-49-43-32-28-24-20-16-12-8-4)73-93-80(85)67-63-59-55-51-47-44-40-35-31-27-23-19-15-11-7-3/h9-11,13-15,21-23,25-28,32-37,40-41,45,47,51-52,56,59,63,77-79,84H,5-8,12,16-20,24,29-31,38-39,42-44,46,48-50,53-55,57-58,60-62,64-76H2,1-4H3,(H,89,90)(H,91,92)/b13-9-,14-10-,15-11-,25-21-,26-22-,27-23-,32-28-,36-33-,37-34-,40-35-,45-41-,51-47-,56-52-,63-59-. The molecule has 0 rings (SSSR count). The molecule has 0 saturated carbocycles. The van der Waals surface area contributed by atoms with E-state index < -0.39 is 97.5 Å². The molecule has 0 heterocycles. The number of aliphatic hydroxyl groups is 1. The van der Waals surface area contributed by atoms with Gasteiger partial charge in [-0.2, -0.15) is 0 Å². The van der Waals surface area contributed by atoms with Gasteiger partial charge in [0.15, 0.2) is 12.2 Å². The zero-order chi connectivity index (χ0) is 74.6. The van der Waals surface area contributed by atoms with Crippen molar-refractivity contribution in [1.82, 2.24) is 0 Å². The van der Waals surface area contributed by atoms with Crippen LogP contribution >= 0.6 is 15.6 Å². The highest BCUT2D eigenvalue weighted by atomic mass is 31.2. The summed E-state index contributed by atoms with van der Waals surface area (Å²) in [6.45, 7) is 4.29. The van der Waals surface area contributed by atoms with Crippen LogP contribution in [0.4, 0.5) is 0 Å². The fourth-order valence-corrected chi connectivity index (χ4v) is 11.0. The summed E-state index contributed by atoms with van der Waals surface area (Å²) in [6.07, 6.45) is 86.7. The van der Waals surface area contributed by atoms with Gasteiger partial charge in [0.1, 0.15) is 19.3 Å². The Hall–Kier alpha value is -5.58. The highest BCUT2D eigenvalue weighted by molar-refractivity contribution is 7.47. The molecule has 578 valence electrons. The van der Waals surface area contributed by atoms with E-state index >= 15 is 0 Å². The maximum Gasteiger partial charge on any atom is 0.472 e. The molecule has 0 fully saturated rings. The molecule has 0 aromatic carbocycles. The molecule has 0 spiro atoms. The highest BCUT2D eigenvalue weighted by Crippen LogP contribution is 2.45. The number of aliphatic hydroxyl groups excluding tert-OH is 1. The first-order valence-electron chi connectivity index (χ1n) is 38.4. The third-order valence-electron chi connectivity index (χ3n) is 15.2. The maximum absolute atomic E-state index is 13.1. The van der Waals surface area contributed by atoms with Crippen LogP contribution in [0, 0.1) is 0 Å². The topological polar surface area (TPSA) is 237 Å². The minimum Gasteiger partial charge on any atom is -0.462 e. The normalized spacial score (nSPS) is 14.9. The maximum atomic E-state index is 13.1. The first kappa shape index (κ1) is 96.4. The average molecular weight is 1470 g/mol. The van der Waals surface area contributed by atoms with Crippen molar-refractivity contribution in [2.75, 3.05) is 39.6 Å². The molecular weight excluding hydrogens is 1330 g/mol. The fraction of sp³-hybridized carbons (Fsp3) is 0.614. The van der Waals surface area contributed by atoms with Crippen LogP contribution in [0.5, 0.6) is 0 Å². The molecule has 5 unspecified atom stereocenters. The quantitative estimate of drug-likeness (QED) is 0.0169. The Bertz CT molecular complexity index is 2600. The van der Waals surface area contributed by atoms with E-state index in [0.29, 0.717) is 32.1 Å². The highest BCUT2D eigenvalue weighted by Gasteiger charge is 2.30. The van der Waals surface area contributed by atoms with Crippen LogP contribution < -0.4 is 0 Å². The molecule has 0 aromatic rings. The molecule has 102 heavy (non-hydrogen) atoms. The predicted octanol–water partition coefficient (Wildman–Crippen LogP) is 22.2.